The molecule has 0 aliphatic heterocycles. The Morgan fingerprint density at radius 3 is 2.67 bits per heavy atom. The average molecular weight is 248 g/mol. The lowest BCUT2D eigenvalue weighted by Gasteiger charge is -2.20. The van der Waals surface area contributed by atoms with E-state index in [0.717, 1.165) is 18.9 Å². The van der Waals surface area contributed by atoms with Crippen molar-refractivity contribution in [2.75, 3.05) is 24.5 Å². The van der Waals surface area contributed by atoms with Crippen LogP contribution in [0.15, 0.2) is 18.7 Å². The van der Waals surface area contributed by atoms with E-state index in [1.807, 2.05) is 0 Å². The number of aryl methyl sites for hydroxylation is 1. The minimum absolute atomic E-state index is 0.200. The molecule has 98 valence electrons. The Morgan fingerprint density at radius 1 is 1.44 bits per heavy atom. The van der Waals surface area contributed by atoms with Crippen molar-refractivity contribution < 1.29 is 4.79 Å². The van der Waals surface area contributed by atoms with Crippen LogP contribution in [0.3, 0.4) is 0 Å². The number of amides is 1. The summed E-state index contributed by atoms with van der Waals surface area (Å²) in [6, 6.07) is 1.72. The van der Waals surface area contributed by atoms with Crippen molar-refractivity contribution >= 4 is 11.7 Å². The SMILES string of the molecule is C=CCNC(=O)c1cc(N(CC)CC)nc(C)n1. The topological polar surface area (TPSA) is 58.1 Å². The van der Waals surface area contributed by atoms with Gasteiger partial charge in [0, 0.05) is 25.7 Å². The van der Waals surface area contributed by atoms with Gasteiger partial charge in [-0.25, -0.2) is 9.97 Å². The summed E-state index contributed by atoms with van der Waals surface area (Å²) < 4.78 is 0. The number of rotatable bonds is 6. The number of hydrogen-bond acceptors (Lipinski definition) is 4. The van der Waals surface area contributed by atoms with Crippen LogP contribution in [-0.4, -0.2) is 35.5 Å². The van der Waals surface area contributed by atoms with Crippen LogP contribution in [0.25, 0.3) is 0 Å². The summed E-state index contributed by atoms with van der Waals surface area (Å²) in [5.41, 5.74) is 0.395. The van der Waals surface area contributed by atoms with Crippen molar-refractivity contribution in [3.8, 4) is 0 Å². The first-order valence-electron chi connectivity index (χ1n) is 6.12. The second-order valence-corrected chi connectivity index (χ2v) is 3.83. The lowest BCUT2D eigenvalue weighted by atomic mass is 10.3. The molecule has 0 atom stereocenters. The molecule has 0 saturated carbocycles. The fourth-order valence-corrected chi connectivity index (χ4v) is 1.63. The van der Waals surface area contributed by atoms with Crippen LogP contribution in [0.2, 0.25) is 0 Å². The third kappa shape index (κ3) is 3.55. The van der Waals surface area contributed by atoms with Crippen molar-refractivity contribution in [1.82, 2.24) is 15.3 Å². The van der Waals surface area contributed by atoms with Crippen LogP contribution in [0.1, 0.15) is 30.2 Å². The zero-order chi connectivity index (χ0) is 13.5. The number of carbonyl (C=O) groups is 1. The summed E-state index contributed by atoms with van der Waals surface area (Å²) in [5, 5.41) is 2.71. The minimum atomic E-state index is -0.200. The number of nitrogens with zero attached hydrogens (tertiary/aromatic N) is 3. The number of aromatic nitrogens is 2. The molecule has 1 amide bonds. The average Bonchev–Trinajstić information content (AvgIpc) is 2.36. The van der Waals surface area contributed by atoms with Gasteiger partial charge < -0.3 is 10.2 Å². The van der Waals surface area contributed by atoms with E-state index in [0.29, 0.717) is 18.1 Å². The summed E-state index contributed by atoms with van der Waals surface area (Å²) in [7, 11) is 0. The maximum atomic E-state index is 11.8. The summed E-state index contributed by atoms with van der Waals surface area (Å²) in [5.74, 6) is 1.19. The Hall–Kier alpha value is -1.91. The van der Waals surface area contributed by atoms with Gasteiger partial charge in [-0.3, -0.25) is 4.79 Å². The zero-order valence-electron chi connectivity index (χ0n) is 11.2. The fraction of sp³-hybridized carbons (Fsp3) is 0.462. The molecule has 0 fully saturated rings. The first kappa shape index (κ1) is 14.2. The van der Waals surface area contributed by atoms with E-state index >= 15 is 0 Å². The van der Waals surface area contributed by atoms with Crippen LogP contribution in [0.5, 0.6) is 0 Å². The molecule has 0 spiro atoms. The molecule has 1 aromatic rings. The standard InChI is InChI=1S/C13H20N4O/c1-5-8-14-13(18)11-9-12(16-10(4)15-11)17(6-2)7-3/h5,9H,1,6-8H2,2-4H3,(H,14,18). The zero-order valence-corrected chi connectivity index (χ0v) is 11.2. The van der Waals surface area contributed by atoms with Crippen LogP contribution < -0.4 is 10.2 Å². The molecule has 0 bridgehead atoms. The second-order valence-electron chi connectivity index (χ2n) is 3.83. The van der Waals surface area contributed by atoms with Gasteiger partial charge in [-0.15, -0.1) is 6.58 Å². The molecule has 0 aliphatic rings. The summed E-state index contributed by atoms with van der Waals surface area (Å²) >= 11 is 0. The Kier molecular flexibility index (Phi) is 5.30. The van der Waals surface area contributed by atoms with Crippen molar-refractivity contribution in [2.24, 2.45) is 0 Å². The van der Waals surface area contributed by atoms with E-state index in [2.05, 4.69) is 40.6 Å². The summed E-state index contributed by atoms with van der Waals surface area (Å²) in [4.78, 5) is 22.4. The van der Waals surface area contributed by atoms with Crippen LogP contribution in [0, 0.1) is 6.92 Å². The summed E-state index contributed by atoms with van der Waals surface area (Å²) in [6.07, 6.45) is 1.64. The molecule has 1 aromatic heterocycles. The fourth-order valence-electron chi connectivity index (χ4n) is 1.63. The van der Waals surface area contributed by atoms with Crippen LogP contribution >= 0.6 is 0 Å². The highest BCUT2D eigenvalue weighted by molar-refractivity contribution is 5.93. The van der Waals surface area contributed by atoms with Gasteiger partial charge in [0.25, 0.3) is 5.91 Å². The first-order valence-corrected chi connectivity index (χ1v) is 6.12. The predicted octanol–water partition coefficient (Wildman–Crippen LogP) is 1.55. The van der Waals surface area contributed by atoms with Gasteiger partial charge >= 0.3 is 0 Å². The molecule has 1 heterocycles. The molecular formula is C13H20N4O. The van der Waals surface area contributed by atoms with Gasteiger partial charge in [0.15, 0.2) is 0 Å². The third-order valence-corrected chi connectivity index (χ3v) is 2.55. The molecule has 5 heteroatoms. The Morgan fingerprint density at radius 2 is 2.11 bits per heavy atom. The third-order valence-electron chi connectivity index (χ3n) is 2.55. The molecule has 5 nitrogen and oxygen atoms in total. The number of anilines is 1. The highest BCUT2D eigenvalue weighted by Crippen LogP contribution is 2.12. The molecule has 1 rings (SSSR count). The van der Waals surface area contributed by atoms with Crippen molar-refractivity contribution in [3.63, 3.8) is 0 Å². The molecule has 0 radical (unpaired) electrons. The number of nitrogens with one attached hydrogen (secondary N) is 1. The van der Waals surface area contributed by atoms with E-state index < -0.39 is 0 Å². The monoisotopic (exact) mass is 248 g/mol. The highest BCUT2D eigenvalue weighted by atomic mass is 16.1. The smallest absolute Gasteiger partial charge is 0.270 e. The van der Waals surface area contributed by atoms with Gasteiger partial charge in [-0.05, 0) is 20.8 Å². The van der Waals surface area contributed by atoms with E-state index in [1.54, 1.807) is 19.1 Å². The van der Waals surface area contributed by atoms with Gasteiger partial charge in [-0.1, -0.05) is 6.08 Å². The van der Waals surface area contributed by atoms with Crippen molar-refractivity contribution in [1.29, 1.82) is 0 Å². The quantitative estimate of drug-likeness (QED) is 0.776. The van der Waals surface area contributed by atoms with Crippen molar-refractivity contribution in [2.45, 2.75) is 20.8 Å². The second kappa shape index (κ2) is 6.74. The molecule has 0 aliphatic carbocycles. The van der Waals surface area contributed by atoms with Crippen molar-refractivity contribution in [3.05, 3.63) is 30.2 Å². The maximum Gasteiger partial charge on any atom is 0.270 e. The number of carbonyl (C=O) groups excluding carboxylic acids is 1. The van der Waals surface area contributed by atoms with E-state index in [9.17, 15) is 4.79 Å². The lowest BCUT2D eigenvalue weighted by molar-refractivity contribution is 0.0952. The Bertz CT molecular complexity index is 427. The molecule has 0 saturated heterocycles. The lowest BCUT2D eigenvalue weighted by Crippen LogP contribution is -2.27. The van der Waals surface area contributed by atoms with Gasteiger partial charge in [0.05, 0.1) is 0 Å². The Labute approximate surface area is 108 Å². The van der Waals surface area contributed by atoms with E-state index in [-0.39, 0.29) is 5.91 Å². The number of hydrogen-bond donors (Lipinski definition) is 1. The molecular weight excluding hydrogens is 228 g/mol. The Balaban J connectivity index is 2.99. The van der Waals surface area contributed by atoms with Crippen LogP contribution in [0.4, 0.5) is 5.82 Å². The van der Waals surface area contributed by atoms with Crippen LogP contribution in [-0.2, 0) is 0 Å². The van der Waals surface area contributed by atoms with Gasteiger partial charge in [0.1, 0.15) is 17.3 Å². The molecule has 0 aromatic carbocycles. The van der Waals surface area contributed by atoms with Gasteiger partial charge in [-0.2, -0.15) is 0 Å². The molecule has 1 N–H and O–H groups in total. The highest BCUT2D eigenvalue weighted by Gasteiger charge is 2.12. The first-order chi connectivity index (χ1) is 8.62. The maximum absolute atomic E-state index is 11.8. The summed E-state index contributed by atoms with van der Waals surface area (Å²) in [6.45, 7) is 11.6. The molecule has 0 unspecified atom stereocenters. The normalized spacial score (nSPS) is 9.94. The predicted molar refractivity (Wildman–Crippen MR) is 72.9 cm³/mol. The molecule has 18 heavy (non-hydrogen) atoms. The minimum Gasteiger partial charge on any atom is -0.357 e. The van der Waals surface area contributed by atoms with E-state index in [4.69, 9.17) is 0 Å². The van der Waals surface area contributed by atoms with Gasteiger partial charge in [0.2, 0.25) is 0 Å². The largest absolute Gasteiger partial charge is 0.357 e. The van der Waals surface area contributed by atoms with E-state index in [1.165, 1.54) is 0 Å².